The summed E-state index contributed by atoms with van der Waals surface area (Å²) in [6, 6.07) is 13.4. The van der Waals surface area contributed by atoms with E-state index in [0.29, 0.717) is 34.7 Å². The first kappa shape index (κ1) is 26.8. The third-order valence-corrected chi connectivity index (χ3v) is 5.37. The van der Waals surface area contributed by atoms with Gasteiger partial charge in [0.1, 0.15) is 6.61 Å². The van der Waals surface area contributed by atoms with Crippen LogP contribution in [0, 0.1) is 0 Å². The van der Waals surface area contributed by atoms with Gasteiger partial charge in [-0.15, -0.1) is 24.8 Å². The second-order valence-electron chi connectivity index (χ2n) is 6.11. The number of methoxy groups -OCH3 is 1. The van der Waals surface area contributed by atoms with Gasteiger partial charge in [0.05, 0.1) is 21.6 Å². The van der Waals surface area contributed by atoms with Gasteiger partial charge >= 0.3 is 0 Å². The molecule has 0 saturated heterocycles. The molecule has 0 radical (unpaired) electrons. The molecule has 1 N–H and O–H groups in total. The lowest BCUT2D eigenvalue weighted by atomic mass is 10.2. The number of rotatable bonds is 8. The number of benzene rings is 2. The summed E-state index contributed by atoms with van der Waals surface area (Å²) in [6.45, 7) is 1.78. The summed E-state index contributed by atoms with van der Waals surface area (Å²) in [5, 5.41) is 4.43. The topological polar surface area (TPSA) is 43.4 Å². The summed E-state index contributed by atoms with van der Waals surface area (Å²) >= 11 is 15.6. The lowest BCUT2D eigenvalue weighted by molar-refractivity contribution is 0.282. The van der Waals surface area contributed by atoms with Crippen molar-refractivity contribution in [1.82, 2.24) is 10.3 Å². The van der Waals surface area contributed by atoms with Crippen LogP contribution in [0.15, 0.2) is 59.3 Å². The van der Waals surface area contributed by atoms with E-state index in [1.807, 2.05) is 36.5 Å². The molecule has 0 fully saturated rings. The van der Waals surface area contributed by atoms with Crippen LogP contribution in [0.4, 0.5) is 0 Å². The van der Waals surface area contributed by atoms with Crippen molar-refractivity contribution in [2.45, 2.75) is 19.7 Å². The van der Waals surface area contributed by atoms with Gasteiger partial charge in [-0.2, -0.15) is 0 Å². The van der Waals surface area contributed by atoms with Gasteiger partial charge in [0.2, 0.25) is 0 Å². The molecule has 2 aromatic carbocycles. The van der Waals surface area contributed by atoms with Crippen molar-refractivity contribution in [2.24, 2.45) is 0 Å². The Morgan fingerprint density at radius 1 is 0.967 bits per heavy atom. The fourth-order valence-corrected chi connectivity index (χ4v) is 3.58. The van der Waals surface area contributed by atoms with Crippen LogP contribution < -0.4 is 14.8 Å². The Labute approximate surface area is 207 Å². The minimum Gasteiger partial charge on any atom is -0.493 e. The summed E-state index contributed by atoms with van der Waals surface area (Å²) in [5.41, 5.74) is 3.13. The van der Waals surface area contributed by atoms with Gasteiger partial charge in [0.25, 0.3) is 0 Å². The number of nitrogens with zero attached hydrogens (tertiary/aromatic N) is 1. The molecule has 0 atom stereocenters. The quantitative estimate of drug-likeness (QED) is 0.330. The molecule has 0 spiro atoms. The second kappa shape index (κ2) is 13.3. The molecule has 30 heavy (non-hydrogen) atoms. The largest absolute Gasteiger partial charge is 0.493 e. The van der Waals surface area contributed by atoms with Crippen molar-refractivity contribution in [3.63, 3.8) is 0 Å². The Hall–Kier alpha value is -1.21. The van der Waals surface area contributed by atoms with Crippen LogP contribution in [0.25, 0.3) is 0 Å². The average Bonchev–Trinajstić information content (AvgIpc) is 2.70. The number of hydrogen-bond donors (Lipinski definition) is 1. The monoisotopic (exact) mass is 552 g/mol. The highest BCUT2D eigenvalue weighted by atomic mass is 79.9. The van der Waals surface area contributed by atoms with E-state index in [1.165, 1.54) is 0 Å². The molecule has 0 aliphatic rings. The summed E-state index contributed by atoms with van der Waals surface area (Å²) in [4.78, 5) is 4.12. The predicted molar refractivity (Wildman–Crippen MR) is 131 cm³/mol. The third kappa shape index (κ3) is 7.49. The highest BCUT2D eigenvalue weighted by Gasteiger charge is 2.12. The van der Waals surface area contributed by atoms with Gasteiger partial charge in [-0.25, -0.2) is 0 Å². The zero-order valence-corrected chi connectivity index (χ0v) is 20.8. The lowest BCUT2D eigenvalue weighted by Gasteiger charge is -2.15. The van der Waals surface area contributed by atoms with E-state index in [9.17, 15) is 0 Å². The van der Waals surface area contributed by atoms with Gasteiger partial charge < -0.3 is 14.8 Å². The van der Waals surface area contributed by atoms with Crippen LogP contribution in [-0.2, 0) is 19.7 Å². The van der Waals surface area contributed by atoms with Crippen LogP contribution in [0.1, 0.15) is 16.7 Å². The lowest BCUT2D eigenvalue weighted by Crippen LogP contribution is -2.13. The molecule has 0 aliphatic carbocycles. The van der Waals surface area contributed by atoms with E-state index >= 15 is 0 Å². The van der Waals surface area contributed by atoms with Gasteiger partial charge in [0, 0.05) is 25.5 Å². The SMILES string of the molecule is COc1cc(CNCc2cccnc2)cc(Br)c1OCc1ccc(Cl)c(Cl)c1.Cl.Cl. The number of pyridine rings is 1. The first-order valence-electron chi connectivity index (χ1n) is 8.59. The molecule has 9 heteroatoms. The van der Waals surface area contributed by atoms with Gasteiger partial charge in [-0.05, 0) is 63.0 Å². The van der Waals surface area contributed by atoms with Crippen molar-refractivity contribution >= 4 is 63.9 Å². The smallest absolute Gasteiger partial charge is 0.175 e. The first-order valence-corrected chi connectivity index (χ1v) is 10.1. The maximum Gasteiger partial charge on any atom is 0.175 e. The van der Waals surface area contributed by atoms with Crippen molar-refractivity contribution < 1.29 is 9.47 Å². The maximum absolute atomic E-state index is 6.07. The highest BCUT2D eigenvalue weighted by molar-refractivity contribution is 9.10. The molecule has 162 valence electrons. The summed E-state index contributed by atoms with van der Waals surface area (Å²) in [7, 11) is 1.63. The number of ether oxygens (including phenoxy) is 2. The van der Waals surface area contributed by atoms with Gasteiger partial charge in [-0.3, -0.25) is 4.98 Å². The molecule has 1 aromatic heterocycles. The number of nitrogens with one attached hydrogen (secondary N) is 1. The van der Waals surface area contributed by atoms with E-state index in [0.717, 1.165) is 27.7 Å². The Balaban J connectivity index is 0.00000225. The average molecular weight is 555 g/mol. The van der Waals surface area contributed by atoms with E-state index in [2.05, 4.69) is 26.2 Å². The van der Waals surface area contributed by atoms with Crippen LogP contribution in [0.5, 0.6) is 11.5 Å². The van der Waals surface area contributed by atoms with Crippen molar-refractivity contribution in [3.05, 3.63) is 86.1 Å². The fourth-order valence-electron chi connectivity index (χ4n) is 2.65. The molecule has 3 rings (SSSR count). The van der Waals surface area contributed by atoms with E-state index in [-0.39, 0.29) is 24.8 Å². The molecular formula is C21H21BrCl4N2O2. The number of halogens is 5. The first-order chi connectivity index (χ1) is 13.6. The minimum atomic E-state index is 0. The standard InChI is InChI=1S/C21H19BrCl2N2O2.2ClH/c1-27-20-9-16(12-26-11-15-3-2-6-25-10-15)7-17(22)21(20)28-13-14-4-5-18(23)19(24)8-14;;/h2-10,26H,11-13H2,1H3;2*1H. The Kier molecular flexibility index (Phi) is 11.9. The summed E-state index contributed by atoms with van der Waals surface area (Å²) < 4.78 is 12.3. The van der Waals surface area contributed by atoms with Crippen LogP contribution in [0.2, 0.25) is 10.0 Å². The Morgan fingerprint density at radius 2 is 1.73 bits per heavy atom. The van der Waals surface area contributed by atoms with E-state index in [4.69, 9.17) is 32.7 Å². The number of aromatic nitrogens is 1. The zero-order chi connectivity index (χ0) is 19.9. The Bertz CT molecular complexity index is 946. The molecule has 4 nitrogen and oxygen atoms in total. The maximum atomic E-state index is 6.07. The normalized spacial score (nSPS) is 10.0. The van der Waals surface area contributed by atoms with Gasteiger partial charge in [0.15, 0.2) is 11.5 Å². The van der Waals surface area contributed by atoms with Crippen LogP contribution in [-0.4, -0.2) is 12.1 Å². The second-order valence-corrected chi connectivity index (χ2v) is 7.78. The molecular weight excluding hydrogens is 534 g/mol. The summed E-state index contributed by atoms with van der Waals surface area (Å²) in [5.74, 6) is 1.30. The molecule has 0 aliphatic heterocycles. The molecule has 0 saturated carbocycles. The molecule has 0 unspecified atom stereocenters. The van der Waals surface area contributed by atoms with E-state index < -0.39 is 0 Å². The number of hydrogen-bond acceptors (Lipinski definition) is 4. The van der Waals surface area contributed by atoms with Gasteiger partial charge in [-0.1, -0.05) is 35.3 Å². The highest BCUT2D eigenvalue weighted by Crippen LogP contribution is 2.37. The zero-order valence-electron chi connectivity index (χ0n) is 16.0. The summed E-state index contributed by atoms with van der Waals surface area (Å²) in [6.07, 6.45) is 3.62. The molecule has 3 aromatic rings. The molecule has 0 amide bonds. The van der Waals surface area contributed by atoms with Crippen LogP contribution >= 0.6 is 63.9 Å². The van der Waals surface area contributed by atoms with Crippen molar-refractivity contribution in [2.75, 3.05) is 7.11 Å². The Morgan fingerprint density at radius 3 is 2.40 bits per heavy atom. The molecule has 1 heterocycles. The van der Waals surface area contributed by atoms with E-state index in [1.54, 1.807) is 25.4 Å². The third-order valence-electron chi connectivity index (χ3n) is 4.04. The van der Waals surface area contributed by atoms with Crippen molar-refractivity contribution in [3.8, 4) is 11.5 Å². The van der Waals surface area contributed by atoms with Crippen molar-refractivity contribution in [1.29, 1.82) is 0 Å². The van der Waals surface area contributed by atoms with Crippen LogP contribution in [0.3, 0.4) is 0 Å². The minimum absolute atomic E-state index is 0. The fraction of sp³-hybridized carbons (Fsp3) is 0.190. The predicted octanol–water partition coefficient (Wildman–Crippen LogP) is 6.87. The molecule has 0 bridgehead atoms.